The van der Waals surface area contributed by atoms with Crippen LogP contribution in [0.3, 0.4) is 0 Å². The number of nitrogens with two attached hydrogens (primary N) is 1. The number of nitrogens with one attached hydrogen (secondary N) is 2. The van der Waals surface area contributed by atoms with E-state index in [1.54, 1.807) is 65.6 Å². The second kappa shape index (κ2) is 12.8. The molecule has 4 N–H and O–H groups in total. The van der Waals surface area contributed by atoms with Crippen molar-refractivity contribution in [3.8, 4) is 5.75 Å². The Morgan fingerprint density at radius 1 is 1.05 bits per heavy atom. The highest BCUT2D eigenvalue weighted by atomic mass is 35.5. The monoisotopic (exact) mass is 570 g/mol. The molecule has 1 atom stereocenters. The quantitative estimate of drug-likeness (QED) is 0.312. The number of hydrogen-bond acceptors (Lipinski definition) is 5. The average molecular weight is 571 g/mol. The third-order valence-electron chi connectivity index (χ3n) is 6.25. The van der Waals surface area contributed by atoms with Gasteiger partial charge in [-0.15, -0.1) is 0 Å². The third kappa shape index (κ3) is 6.81. The lowest BCUT2D eigenvalue weighted by Gasteiger charge is -2.25. The second-order valence-electron chi connectivity index (χ2n) is 8.80. The number of fused-ring (bicyclic) bond motifs is 1. The molecule has 9 nitrogen and oxygen atoms in total. The van der Waals surface area contributed by atoms with Gasteiger partial charge in [-0.1, -0.05) is 35.3 Å². The molecule has 4 rings (SSSR count). The second-order valence-corrected chi connectivity index (χ2v) is 9.65. The highest BCUT2D eigenvalue weighted by Crippen LogP contribution is 2.38. The van der Waals surface area contributed by atoms with Crippen LogP contribution in [0, 0.1) is 0 Å². The van der Waals surface area contributed by atoms with Crippen molar-refractivity contribution < 1.29 is 23.9 Å². The highest BCUT2D eigenvalue weighted by molar-refractivity contribution is 6.34. The number of rotatable bonds is 8. The standard InChI is InChI=1S/C28H28Cl2N4O5/c1-38-25-16-18(33-26(35)19-5-2-3-6-22(19)30)9-10-20(25)27(36)34-13-4-7-24(39-14-12-32-28(31)37)21-15-17(29)8-11-23(21)34/h2-3,5-6,8-11,15-16,24H,4,7,12-14H2,1H3,(H,33,35)(H3,31,32,37). The van der Waals surface area contributed by atoms with Gasteiger partial charge < -0.3 is 30.7 Å². The van der Waals surface area contributed by atoms with Crippen molar-refractivity contribution in [3.63, 3.8) is 0 Å². The molecule has 1 unspecified atom stereocenters. The lowest BCUT2D eigenvalue weighted by Crippen LogP contribution is -2.32. The van der Waals surface area contributed by atoms with E-state index in [1.165, 1.54) is 7.11 Å². The molecule has 0 saturated heterocycles. The Labute approximate surface area is 236 Å². The number of carbonyl (C=O) groups is 3. The van der Waals surface area contributed by atoms with E-state index in [-0.39, 0.29) is 31.1 Å². The Bertz CT molecular complexity index is 1380. The first-order valence-electron chi connectivity index (χ1n) is 12.3. The molecule has 0 aliphatic carbocycles. The Morgan fingerprint density at radius 2 is 1.85 bits per heavy atom. The number of hydrogen-bond donors (Lipinski definition) is 3. The number of urea groups is 1. The number of benzene rings is 3. The first-order chi connectivity index (χ1) is 18.8. The van der Waals surface area contributed by atoms with Gasteiger partial charge in [-0.05, 0) is 55.3 Å². The maximum Gasteiger partial charge on any atom is 0.312 e. The van der Waals surface area contributed by atoms with E-state index in [1.807, 2.05) is 0 Å². The van der Waals surface area contributed by atoms with Gasteiger partial charge in [-0.3, -0.25) is 9.59 Å². The number of ether oxygens (including phenoxy) is 2. The summed E-state index contributed by atoms with van der Waals surface area (Å²) in [6.45, 7) is 0.963. The predicted octanol–water partition coefficient (Wildman–Crippen LogP) is 5.42. The van der Waals surface area contributed by atoms with Gasteiger partial charge in [0.2, 0.25) is 0 Å². The molecular formula is C28H28Cl2N4O5. The molecule has 1 aliphatic heterocycles. The predicted molar refractivity (Wildman–Crippen MR) is 151 cm³/mol. The summed E-state index contributed by atoms with van der Waals surface area (Å²) in [6.07, 6.45) is 0.994. The summed E-state index contributed by atoms with van der Waals surface area (Å²) in [5.74, 6) is -0.338. The molecule has 0 radical (unpaired) electrons. The fraction of sp³-hybridized carbons (Fsp3) is 0.250. The van der Waals surface area contributed by atoms with Gasteiger partial charge in [0.25, 0.3) is 11.8 Å². The minimum Gasteiger partial charge on any atom is -0.496 e. The molecule has 0 aromatic heterocycles. The Balaban J connectivity index is 1.57. The van der Waals surface area contributed by atoms with E-state index in [4.69, 9.17) is 38.4 Å². The van der Waals surface area contributed by atoms with Crippen LogP contribution in [0.4, 0.5) is 16.2 Å². The van der Waals surface area contributed by atoms with Crippen LogP contribution in [0.5, 0.6) is 5.75 Å². The highest BCUT2D eigenvalue weighted by Gasteiger charge is 2.29. The molecule has 39 heavy (non-hydrogen) atoms. The number of amides is 4. The largest absolute Gasteiger partial charge is 0.496 e. The topological polar surface area (TPSA) is 123 Å². The van der Waals surface area contributed by atoms with Crippen LogP contribution in [0.15, 0.2) is 60.7 Å². The summed E-state index contributed by atoms with van der Waals surface area (Å²) in [7, 11) is 1.46. The van der Waals surface area contributed by atoms with Crippen LogP contribution in [-0.2, 0) is 4.74 Å². The first-order valence-corrected chi connectivity index (χ1v) is 13.0. The van der Waals surface area contributed by atoms with Crippen molar-refractivity contribution in [1.82, 2.24) is 5.32 Å². The maximum absolute atomic E-state index is 13.8. The smallest absolute Gasteiger partial charge is 0.312 e. The van der Waals surface area contributed by atoms with Crippen molar-refractivity contribution in [3.05, 3.63) is 87.4 Å². The minimum atomic E-state index is -0.622. The van der Waals surface area contributed by atoms with Crippen LogP contribution >= 0.6 is 23.2 Å². The van der Waals surface area contributed by atoms with Crippen LogP contribution < -0.4 is 26.0 Å². The number of carbonyl (C=O) groups excluding carboxylic acids is 3. The van der Waals surface area contributed by atoms with E-state index >= 15 is 0 Å². The van der Waals surface area contributed by atoms with E-state index in [2.05, 4.69) is 10.6 Å². The van der Waals surface area contributed by atoms with Crippen molar-refractivity contribution in [2.24, 2.45) is 5.73 Å². The van der Waals surface area contributed by atoms with Crippen LogP contribution in [0.25, 0.3) is 0 Å². The lowest BCUT2D eigenvalue weighted by molar-refractivity contribution is 0.0504. The van der Waals surface area contributed by atoms with Crippen molar-refractivity contribution in [2.45, 2.75) is 18.9 Å². The third-order valence-corrected chi connectivity index (χ3v) is 6.81. The van der Waals surface area contributed by atoms with E-state index in [0.717, 1.165) is 5.56 Å². The number of halogens is 2. The Kier molecular flexibility index (Phi) is 9.29. The van der Waals surface area contributed by atoms with E-state index < -0.39 is 6.03 Å². The number of anilines is 2. The summed E-state index contributed by atoms with van der Waals surface area (Å²) < 4.78 is 11.6. The average Bonchev–Trinajstić information content (AvgIpc) is 3.09. The fourth-order valence-corrected chi connectivity index (χ4v) is 4.84. The molecular weight excluding hydrogens is 543 g/mol. The Hall–Kier alpha value is -3.79. The molecule has 0 bridgehead atoms. The summed E-state index contributed by atoms with van der Waals surface area (Å²) in [4.78, 5) is 39.2. The van der Waals surface area contributed by atoms with Gasteiger partial charge in [0, 0.05) is 41.1 Å². The number of nitrogens with zero attached hydrogens (tertiary/aromatic N) is 1. The van der Waals surface area contributed by atoms with Gasteiger partial charge in [-0.25, -0.2) is 4.79 Å². The van der Waals surface area contributed by atoms with Crippen LogP contribution in [0.1, 0.15) is 45.2 Å². The molecule has 3 aromatic rings. The van der Waals surface area contributed by atoms with Crippen LogP contribution in [-0.4, -0.2) is 44.7 Å². The van der Waals surface area contributed by atoms with Gasteiger partial charge in [0.15, 0.2) is 0 Å². The van der Waals surface area contributed by atoms with Gasteiger partial charge in [-0.2, -0.15) is 0 Å². The lowest BCUT2D eigenvalue weighted by atomic mass is 10.0. The Morgan fingerprint density at radius 3 is 2.59 bits per heavy atom. The van der Waals surface area contributed by atoms with Gasteiger partial charge >= 0.3 is 6.03 Å². The van der Waals surface area contributed by atoms with Gasteiger partial charge in [0.05, 0.1) is 36.0 Å². The SMILES string of the molecule is COc1cc(NC(=O)c2ccccc2Cl)ccc1C(=O)N1CCCC(OCCNC(N)=O)c2cc(Cl)ccc21. The summed E-state index contributed by atoms with van der Waals surface area (Å²) in [5, 5.41) is 6.15. The maximum atomic E-state index is 13.8. The van der Waals surface area contributed by atoms with Crippen LogP contribution in [0.2, 0.25) is 10.0 Å². The molecule has 0 fully saturated rings. The van der Waals surface area contributed by atoms with E-state index in [9.17, 15) is 14.4 Å². The zero-order chi connectivity index (χ0) is 27.9. The van der Waals surface area contributed by atoms with Crippen molar-refractivity contribution in [1.29, 1.82) is 0 Å². The first kappa shape index (κ1) is 28.2. The zero-order valence-corrected chi connectivity index (χ0v) is 22.7. The molecule has 0 spiro atoms. The summed E-state index contributed by atoms with van der Waals surface area (Å²) >= 11 is 12.5. The van der Waals surface area contributed by atoms with Crippen molar-refractivity contribution in [2.75, 3.05) is 37.0 Å². The molecule has 1 heterocycles. The molecule has 1 aliphatic rings. The number of primary amides is 1. The minimum absolute atomic E-state index is 0.253. The zero-order valence-electron chi connectivity index (χ0n) is 21.2. The van der Waals surface area contributed by atoms with Gasteiger partial charge in [0.1, 0.15) is 5.75 Å². The molecule has 0 saturated carbocycles. The van der Waals surface area contributed by atoms with Crippen molar-refractivity contribution >= 4 is 52.4 Å². The molecule has 3 aromatic carbocycles. The summed E-state index contributed by atoms with van der Waals surface area (Å²) in [5.41, 5.74) is 7.69. The van der Waals surface area contributed by atoms with E-state index in [0.29, 0.717) is 57.7 Å². The molecule has 204 valence electrons. The molecule has 4 amide bonds. The molecule has 11 heteroatoms. The normalized spacial score (nSPS) is 14.6. The fourth-order valence-electron chi connectivity index (χ4n) is 4.43. The number of methoxy groups -OCH3 is 1. The summed E-state index contributed by atoms with van der Waals surface area (Å²) in [6, 6.07) is 16.3.